The number of aromatic nitrogens is 2. The van der Waals surface area contributed by atoms with Crippen molar-refractivity contribution in [2.75, 3.05) is 0 Å². The molecule has 0 aliphatic heterocycles. The highest BCUT2D eigenvalue weighted by atomic mass is 32.1. The van der Waals surface area contributed by atoms with Crippen LogP contribution in [0.1, 0.15) is 52.7 Å². The molecule has 1 unspecified atom stereocenters. The summed E-state index contributed by atoms with van der Waals surface area (Å²) in [6.07, 6.45) is 3.11. The second kappa shape index (κ2) is 5.34. The third-order valence-corrected chi connectivity index (χ3v) is 3.88. The third kappa shape index (κ3) is 3.05. The summed E-state index contributed by atoms with van der Waals surface area (Å²) in [5.74, 6) is -0.264. The third-order valence-electron chi connectivity index (χ3n) is 2.78. The summed E-state index contributed by atoms with van der Waals surface area (Å²) in [6.45, 7) is 7.41. The maximum Gasteiger partial charge on any atom is 0.257 e. The Morgan fingerprint density at radius 1 is 1.55 bits per heavy atom. The van der Waals surface area contributed by atoms with Gasteiger partial charge in [0.25, 0.3) is 5.91 Å². The Morgan fingerprint density at radius 3 is 2.80 bits per heavy atom. The van der Waals surface area contributed by atoms with E-state index >= 15 is 0 Å². The highest BCUT2D eigenvalue weighted by Crippen LogP contribution is 2.22. The van der Waals surface area contributed by atoms with E-state index in [4.69, 9.17) is 10.3 Å². The van der Waals surface area contributed by atoms with Crippen molar-refractivity contribution in [2.45, 2.75) is 39.3 Å². The van der Waals surface area contributed by atoms with Crippen LogP contribution in [-0.2, 0) is 5.54 Å². The Labute approximate surface area is 121 Å². The van der Waals surface area contributed by atoms with E-state index in [1.54, 1.807) is 31.4 Å². The summed E-state index contributed by atoms with van der Waals surface area (Å²) in [4.78, 5) is 17.6. The minimum absolute atomic E-state index is 0.176. The molecule has 7 heteroatoms. The van der Waals surface area contributed by atoms with Gasteiger partial charge in [-0.15, -0.1) is 11.3 Å². The Hall–Kier alpha value is -1.73. The lowest BCUT2D eigenvalue weighted by molar-refractivity contribution is 0.0937. The SMILES string of the molecule is Cc1cnc(C(C)NC(=O)c2conc2C(C)(C)N)s1. The maximum atomic E-state index is 12.3. The van der Waals surface area contributed by atoms with E-state index in [0.29, 0.717) is 11.3 Å². The Kier molecular flexibility index (Phi) is 3.92. The van der Waals surface area contributed by atoms with Crippen LogP contribution in [-0.4, -0.2) is 16.0 Å². The van der Waals surface area contributed by atoms with Gasteiger partial charge in [0.2, 0.25) is 0 Å². The summed E-state index contributed by atoms with van der Waals surface area (Å²) in [7, 11) is 0. The smallest absolute Gasteiger partial charge is 0.257 e. The zero-order valence-electron chi connectivity index (χ0n) is 11.9. The Bertz CT molecular complexity index is 612. The van der Waals surface area contributed by atoms with E-state index in [1.165, 1.54) is 6.26 Å². The molecule has 0 spiro atoms. The second-order valence-electron chi connectivity index (χ2n) is 5.30. The summed E-state index contributed by atoms with van der Waals surface area (Å²) >= 11 is 1.56. The van der Waals surface area contributed by atoms with Crippen LogP contribution in [0.5, 0.6) is 0 Å². The monoisotopic (exact) mass is 294 g/mol. The zero-order chi connectivity index (χ0) is 14.9. The average molecular weight is 294 g/mol. The lowest BCUT2D eigenvalue weighted by Gasteiger charge is -2.17. The van der Waals surface area contributed by atoms with Gasteiger partial charge >= 0.3 is 0 Å². The molecule has 2 aromatic rings. The minimum atomic E-state index is -0.735. The molecule has 0 bridgehead atoms. The van der Waals surface area contributed by atoms with Crippen molar-refractivity contribution in [3.63, 3.8) is 0 Å². The number of rotatable bonds is 4. The molecule has 0 aliphatic rings. The van der Waals surface area contributed by atoms with Crippen molar-refractivity contribution < 1.29 is 9.32 Å². The van der Waals surface area contributed by atoms with Gasteiger partial charge in [0.1, 0.15) is 22.5 Å². The number of hydrogen-bond donors (Lipinski definition) is 2. The molecule has 2 rings (SSSR count). The van der Waals surface area contributed by atoms with Crippen molar-refractivity contribution in [2.24, 2.45) is 5.73 Å². The van der Waals surface area contributed by atoms with Gasteiger partial charge in [-0.25, -0.2) is 4.98 Å². The van der Waals surface area contributed by atoms with E-state index < -0.39 is 5.54 Å². The number of aryl methyl sites for hydroxylation is 1. The van der Waals surface area contributed by atoms with Crippen LogP contribution < -0.4 is 11.1 Å². The highest BCUT2D eigenvalue weighted by molar-refractivity contribution is 7.11. The fourth-order valence-electron chi connectivity index (χ4n) is 1.77. The fourth-order valence-corrected chi connectivity index (χ4v) is 2.55. The second-order valence-corrected chi connectivity index (χ2v) is 6.57. The highest BCUT2D eigenvalue weighted by Gasteiger charge is 2.27. The van der Waals surface area contributed by atoms with Crippen molar-refractivity contribution in [3.05, 3.63) is 33.6 Å². The predicted molar refractivity (Wildman–Crippen MR) is 76.4 cm³/mol. The topological polar surface area (TPSA) is 94.0 Å². The molecule has 0 fully saturated rings. The summed E-state index contributed by atoms with van der Waals surface area (Å²) in [5.41, 5.74) is 6.04. The van der Waals surface area contributed by atoms with Gasteiger partial charge < -0.3 is 15.6 Å². The first-order chi connectivity index (χ1) is 9.29. The fraction of sp³-hybridized carbons (Fsp3) is 0.462. The molecule has 108 valence electrons. The lowest BCUT2D eigenvalue weighted by atomic mass is 9.98. The Balaban J connectivity index is 2.15. The van der Waals surface area contributed by atoms with Crippen molar-refractivity contribution >= 4 is 17.2 Å². The van der Waals surface area contributed by atoms with Gasteiger partial charge in [-0.3, -0.25) is 4.79 Å². The lowest BCUT2D eigenvalue weighted by Crippen LogP contribution is -2.34. The first-order valence-corrected chi connectivity index (χ1v) is 7.07. The standard InChI is InChI=1S/C13H18N4O2S/c1-7-5-15-12(20-7)8(2)16-11(18)9-6-19-17-10(9)13(3,4)14/h5-6,8H,14H2,1-4H3,(H,16,18). The minimum Gasteiger partial charge on any atom is -0.364 e. The van der Waals surface area contributed by atoms with Crippen LogP contribution in [0.3, 0.4) is 0 Å². The van der Waals surface area contributed by atoms with Gasteiger partial charge in [0.15, 0.2) is 0 Å². The summed E-state index contributed by atoms with van der Waals surface area (Å²) in [6, 6.07) is -0.176. The average Bonchev–Trinajstić information content (AvgIpc) is 2.95. The molecular formula is C13H18N4O2S. The number of thiazole rings is 1. The number of carbonyl (C=O) groups excluding carboxylic acids is 1. The molecule has 1 atom stereocenters. The molecule has 6 nitrogen and oxygen atoms in total. The summed E-state index contributed by atoms with van der Waals surface area (Å²) < 4.78 is 4.88. The van der Waals surface area contributed by atoms with Crippen LogP contribution in [0.2, 0.25) is 0 Å². The van der Waals surface area contributed by atoms with E-state index in [0.717, 1.165) is 9.88 Å². The molecular weight excluding hydrogens is 276 g/mol. The zero-order valence-corrected chi connectivity index (χ0v) is 12.7. The van der Waals surface area contributed by atoms with E-state index in [1.807, 2.05) is 13.8 Å². The molecule has 2 aromatic heterocycles. The number of carbonyl (C=O) groups is 1. The van der Waals surface area contributed by atoms with Crippen molar-refractivity contribution in [1.82, 2.24) is 15.5 Å². The van der Waals surface area contributed by atoms with Crippen molar-refractivity contribution in [3.8, 4) is 0 Å². The summed E-state index contributed by atoms with van der Waals surface area (Å²) in [5, 5.41) is 7.56. The number of nitrogens with zero attached hydrogens (tertiary/aromatic N) is 2. The molecule has 1 amide bonds. The molecule has 0 radical (unpaired) electrons. The molecule has 0 aromatic carbocycles. The molecule has 0 saturated carbocycles. The normalized spacial score (nSPS) is 13.2. The van der Waals surface area contributed by atoms with Gasteiger partial charge in [-0.2, -0.15) is 0 Å². The van der Waals surface area contributed by atoms with Crippen LogP contribution in [0.25, 0.3) is 0 Å². The molecule has 0 saturated heterocycles. The quantitative estimate of drug-likeness (QED) is 0.900. The van der Waals surface area contributed by atoms with Gasteiger partial charge in [0, 0.05) is 11.1 Å². The van der Waals surface area contributed by atoms with Crippen molar-refractivity contribution in [1.29, 1.82) is 0 Å². The Morgan fingerprint density at radius 2 is 2.25 bits per heavy atom. The first kappa shape index (κ1) is 14.7. The predicted octanol–water partition coefficient (Wildman–Crippen LogP) is 2.12. The largest absolute Gasteiger partial charge is 0.364 e. The van der Waals surface area contributed by atoms with Crippen LogP contribution in [0.15, 0.2) is 17.0 Å². The molecule has 2 heterocycles. The first-order valence-electron chi connectivity index (χ1n) is 6.26. The van der Waals surface area contributed by atoms with E-state index in [2.05, 4.69) is 15.5 Å². The maximum absolute atomic E-state index is 12.3. The van der Waals surface area contributed by atoms with Crippen LogP contribution in [0.4, 0.5) is 0 Å². The number of nitrogens with two attached hydrogens (primary N) is 1. The molecule has 3 N–H and O–H groups in total. The van der Waals surface area contributed by atoms with Gasteiger partial charge in [-0.1, -0.05) is 5.16 Å². The van der Waals surface area contributed by atoms with Crippen LogP contribution >= 0.6 is 11.3 Å². The number of hydrogen-bond acceptors (Lipinski definition) is 6. The van der Waals surface area contributed by atoms with Crippen LogP contribution in [0, 0.1) is 6.92 Å². The molecule has 0 aliphatic carbocycles. The van der Waals surface area contributed by atoms with Gasteiger partial charge in [-0.05, 0) is 27.7 Å². The number of nitrogens with one attached hydrogen (secondary N) is 1. The molecule has 20 heavy (non-hydrogen) atoms. The van der Waals surface area contributed by atoms with E-state index in [-0.39, 0.29) is 11.9 Å². The van der Waals surface area contributed by atoms with Gasteiger partial charge in [0.05, 0.1) is 11.6 Å². The van der Waals surface area contributed by atoms with E-state index in [9.17, 15) is 4.79 Å². The number of amides is 1.